The summed E-state index contributed by atoms with van der Waals surface area (Å²) >= 11 is 0. The summed E-state index contributed by atoms with van der Waals surface area (Å²) in [5, 5.41) is 88.0. The average Bonchev–Trinajstić information content (AvgIpc) is 0.716. The maximum Gasteiger partial charge on any atom is 0.336 e. The van der Waals surface area contributed by atoms with Gasteiger partial charge in [-0.3, -0.25) is 19.2 Å². The van der Waals surface area contributed by atoms with Gasteiger partial charge < -0.3 is 117 Å². The van der Waals surface area contributed by atoms with Crippen LogP contribution in [0.25, 0.3) is 0 Å². The van der Waals surface area contributed by atoms with Crippen LogP contribution in [0.3, 0.4) is 0 Å². The van der Waals surface area contributed by atoms with E-state index in [9.17, 15) is 79.2 Å². The minimum atomic E-state index is -1.92. The van der Waals surface area contributed by atoms with E-state index in [1.54, 1.807) is 24.3 Å². The minimum Gasteiger partial charge on any atom is -0.481 e. The quantitative estimate of drug-likeness (QED) is 0.0445. The van der Waals surface area contributed by atoms with E-state index in [-0.39, 0.29) is 138 Å². The lowest BCUT2D eigenvalue weighted by Crippen LogP contribution is -2.26. The van der Waals surface area contributed by atoms with Gasteiger partial charge in [0.2, 0.25) is 94.1 Å². The van der Waals surface area contributed by atoms with Gasteiger partial charge in [0.15, 0.2) is 0 Å². The molecule has 40 bridgehead atoms. The maximum atomic E-state index is 13.6. The van der Waals surface area contributed by atoms with Crippen molar-refractivity contribution < 1.29 is 155 Å². The number of hydrogen-bond donors (Lipinski definition) is 8. The molecule has 0 saturated carbocycles. The van der Waals surface area contributed by atoms with Gasteiger partial charge in [0.25, 0.3) is 25.2 Å². The van der Waals surface area contributed by atoms with Gasteiger partial charge >= 0.3 is 47.8 Å². The van der Waals surface area contributed by atoms with Crippen LogP contribution in [-0.2, 0) is 19.2 Å². The summed E-state index contributed by atoms with van der Waals surface area (Å²) in [5.74, 6) is -26.7. The first kappa shape index (κ1) is 77.9. The van der Waals surface area contributed by atoms with E-state index in [1.807, 2.05) is 0 Å². The molecule has 0 saturated heterocycles. The molecular weight excluding hydrogens is 1680 g/mol. The summed E-state index contributed by atoms with van der Waals surface area (Å²) in [6, 6.07) is 30.3. The smallest absolute Gasteiger partial charge is 0.336 e. The number of carboxylic acid groups (broad SMARTS) is 8. The Labute approximate surface area is 714 Å². The average molecular weight is 1740 g/mol. The van der Waals surface area contributed by atoms with E-state index in [4.69, 9.17) is 75.8 Å². The lowest BCUT2D eigenvalue weighted by atomic mass is 9.76. The Morgan fingerprint density at radius 1 is 0.203 bits per heavy atom. The van der Waals surface area contributed by atoms with Gasteiger partial charge in [-0.1, -0.05) is 0 Å². The molecule has 40 heteroatoms. The van der Waals surface area contributed by atoms with Gasteiger partial charge in [0, 0.05) is 237 Å². The van der Waals surface area contributed by atoms with Crippen molar-refractivity contribution in [2.45, 2.75) is 100 Å². The summed E-state index contributed by atoms with van der Waals surface area (Å²) in [6.07, 6.45) is -11.5. The minimum absolute atomic E-state index is 0.127. The first-order valence-corrected chi connectivity index (χ1v) is 39.2. The molecule has 8 N–H and O–H groups in total. The first-order chi connectivity index (χ1) is 61.7. The van der Waals surface area contributed by atoms with Crippen molar-refractivity contribution >= 4 is 47.8 Å². The number of ether oxygens (including phenoxy) is 16. The Kier molecular flexibility index (Phi) is 18.5. The van der Waals surface area contributed by atoms with Crippen LogP contribution in [0.1, 0.15) is 208 Å². The predicted molar refractivity (Wildman–Crippen MR) is 419 cm³/mol. The molecule has 16 heterocycles. The lowest BCUT2D eigenvalue weighted by molar-refractivity contribution is -0.138. The standard InChI is InChI=1S/C88H56N8O32/c97-77(98)5-1-41-45-25-47-42(2-6-78(99)100)49-27-51-44(4-8-80(103)104)52-28-50-43(3-7-79(101)102)48-26-46(41)54-30-56(48)116-87-39-20-72-95-74(22-39)126-66-14-36(84(111)112)16-68(92-66)128-76-24-40-23-75(96-76)127-67-15-35(83(109)110)13-65(91-67)125-73-21-38-19-71(94-73)123-63-11-33(81(105)106)9-61(89-63)121-69-17-37(18-70(93-69)122-62-10-34(82(107)108)12-64(90-62)124-72)85(114-54)113-53(45)29-55(47)115-86(38)117-57(49)31-59(51)119-88(40)120-60(52)32-58(50)118-87/h9-32,41-44,85-88H,1-8H2,(H,97,98)(H,99,100)(H,101,102)(H,103,104)(H,105,106)(H,107,108)(H,109,110)(H,111,112). The maximum absolute atomic E-state index is 13.6. The molecule has 128 heavy (non-hydrogen) atoms. The van der Waals surface area contributed by atoms with Crippen LogP contribution in [0, 0.1) is 0 Å². The molecular formula is C88H56N8O32. The van der Waals surface area contributed by atoms with Crippen molar-refractivity contribution in [2.24, 2.45) is 0 Å². The van der Waals surface area contributed by atoms with Crippen LogP contribution < -0.4 is 75.8 Å². The fourth-order valence-electron chi connectivity index (χ4n) is 16.6. The summed E-state index contributed by atoms with van der Waals surface area (Å²) in [7, 11) is 0. The number of benzene rings is 4. The molecule has 640 valence electrons. The van der Waals surface area contributed by atoms with Crippen LogP contribution in [0.15, 0.2) is 146 Å². The lowest BCUT2D eigenvalue weighted by Gasteiger charge is -2.38. The van der Waals surface area contributed by atoms with Crippen LogP contribution >= 0.6 is 0 Å². The number of rotatable bonds is 16. The molecule has 0 spiro atoms. The molecule has 0 fully saturated rings. The Morgan fingerprint density at radius 3 is 0.477 bits per heavy atom. The molecule has 0 unspecified atom stereocenters. The highest BCUT2D eigenvalue weighted by atomic mass is 16.7. The molecule has 9 aliphatic rings. The zero-order valence-electron chi connectivity index (χ0n) is 65.1. The highest BCUT2D eigenvalue weighted by Gasteiger charge is 2.44. The molecule has 12 aromatic rings. The van der Waals surface area contributed by atoms with E-state index in [0.29, 0.717) is 0 Å². The Hall–Kier alpha value is -17.4. The number of aromatic carboxylic acids is 4. The van der Waals surface area contributed by atoms with Crippen molar-refractivity contribution in [1.29, 1.82) is 0 Å². The molecule has 40 nitrogen and oxygen atoms in total. The Morgan fingerprint density at radius 2 is 0.344 bits per heavy atom. The van der Waals surface area contributed by atoms with Gasteiger partial charge in [0.05, 0.1) is 22.3 Å². The molecule has 0 radical (unpaired) electrons. The van der Waals surface area contributed by atoms with Crippen LogP contribution in [0.2, 0.25) is 0 Å². The van der Waals surface area contributed by atoms with Crippen molar-refractivity contribution in [3.63, 3.8) is 0 Å². The van der Waals surface area contributed by atoms with Crippen molar-refractivity contribution in [2.75, 3.05) is 0 Å². The summed E-state index contributed by atoms with van der Waals surface area (Å²) in [5.41, 5.74) is -1.51. The van der Waals surface area contributed by atoms with E-state index in [1.165, 1.54) is 72.8 Å². The van der Waals surface area contributed by atoms with Gasteiger partial charge in [-0.25, -0.2) is 19.2 Å². The number of carboxylic acids is 8. The topological polar surface area (TPSA) is 549 Å². The van der Waals surface area contributed by atoms with E-state index >= 15 is 0 Å². The van der Waals surface area contributed by atoms with Crippen LogP contribution in [0.4, 0.5) is 0 Å². The second-order valence-corrected chi connectivity index (χ2v) is 30.4. The first-order valence-electron chi connectivity index (χ1n) is 39.2. The van der Waals surface area contributed by atoms with Gasteiger partial charge in [-0.2, -0.15) is 39.9 Å². The summed E-state index contributed by atoms with van der Waals surface area (Å²) < 4.78 is 111. The number of nitrogens with zero attached hydrogens (tertiary/aromatic N) is 8. The van der Waals surface area contributed by atoms with Gasteiger partial charge in [0.1, 0.15) is 46.0 Å². The molecule has 21 rings (SSSR count). The number of hydrogen-bond acceptors (Lipinski definition) is 32. The summed E-state index contributed by atoms with van der Waals surface area (Å²) in [4.78, 5) is 145. The van der Waals surface area contributed by atoms with Crippen molar-refractivity contribution in [3.8, 4) is 140 Å². The molecule has 0 amide bonds. The van der Waals surface area contributed by atoms with E-state index in [0.717, 1.165) is 48.5 Å². The molecule has 1 aliphatic carbocycles. The second kappa shape index (κ2) is 30.3. The monoisotopic (exact) mass is 1740 g/mol. The van der Waals surface area contributed by atoms with Crippen molar-refractivity contribution in [3.05, 3.63) is 235 Å². The Balaban J connectivity index is 0.980. The molecule has 0 atom stereocenters. The molecule has 8 aromatic heterocycles. The third-order valence-corrected chi connectivity index (χ3v) is 22.1. The molecule has 4 aromatic carbocycles. The highest BCUT2D eigenvalue weighted by molar-refractivity contribution is 5.90. The zero-order chi connectivity index (χ0) is 87.9. The Bertz CT molecular complexity index is 5810. The largest absolute Gasteiger partial charge is 0.481 e. The van der Waals surface area contributed by atoms with Crippen LogP contribution in [0.5, 0.6) is 140 Å². The zero-order valence-corrected chi connectivity index (χ0v) is 65.1. The van der Waals surface area contributed by atoms with Gasteiger partial charge in [-0.15, -0.1) is 0 Å². The third-order valence-electron chi connectivity index (χ3n) is 22.1. The normalized spacial score (nSPS) is 18.5. The number of aromatic nitrogens is 8. The van der Waals surface area contributed by atoms with E-state index < -0.39 is 239 Å². The fourth-order valence-corrected chi connectivity index (χ4v) is 16.6. The SMILES string of the molecule is O=C(O)CCC1c2cc3c4cc2OC2Oc5cc6c(cc51)C(CCC(=O)O)c1cc5c7cc1OC(O6)c1cc6nc(c1)Oc1cc(C(=O)O)cc(n1)Oc1cc8cc(n1)Oc1cc(C(=O)O)cc(n1)Oc1cc(cc(n1)Oc1cc(C(=O)O)cc(n1)Oc1cc2cc(n1)Oc1cc(C(=O)O)cc(n1)O6)C(O4)Oc1cc(c(cc1C3CCC(=O)O)C5CCC(=O)O)OC8O7. The second-order valence-electron chi connectivity index (χ2n) is 30.4. The third kappa shape index (κ3) is 14.9. The van der Waals surface area contributed by atoms with Crippen molar-refractivity contribution in [1.82, 2.24) is 39.9 Å². The number of pyridine rings is 8. The van der Waals surface area contributed by atoms with Gasteiger partial charge in [-0.05, 0) is 49.9 Å². The van der Waals surface area contributed by atoms with E-state index in [2.05, 4.69) is 39.9 Å². The number of carbonyl (C=O) groups is 8. The fraction of sp³-hybridized carbons (Fsp3) is 0.182. The number of fused-ring (bicyclic) bond motifs is 16. The predicted octanol–water partition coefficient (Wildman–Crippen LogP) is 15.4. The number of aliphatic carboxylic acids is 4. The summed E-state index contributed by atoms with van der Waals surface area (Å²) in [6.45, 7) is 0. The molecule has 8 aliphatic heterocycles. The highest BCUT2D eigenvalue weighted by Crippen LogP contribution is 2.59. The van der Waals surface area contributed by atoms with Crippen LogP contribution in [-0.4, -0.2) is 128 Å².